The number of aromatic nitrogens is 3. The molecule has 1 heterocycles. The van der Waals surface area contributed by atoms with Crippen LogP contribution in [0, 0.1) is 17.8 Å². The molecule has 0 saturated heterocycles. The lowest BCUT2D eigenvalue weighted by molar-refractivity contribution is 0.253. The fourth-order valence-corrected chi connectivity index (χ4v) is 4.51. The van der Waals surface area contributed by atoms with Gasteiger partial charge in [0.15, 0.2) is 0 Å². The maximum atomic E-state index is 4.32. The molecule has 4 nitrogen and oxygen atoms in total. The van der Waals surface area contributed by atoms with Gasteiger partial charge in [-0.2, -0.15) is 0 Å². The summed E-state index contributed by atoms with van der Waals surface area (Å²) in [5, 5.41) is 12.0. The zero-order valence-corrected chi connectivity index (χ0v) is 12.4. The molecule has 1 aromatic heterocycles. The summed E-state index contributed by atoms with van der Waals surface area (Å²) in [5.74, 6) is 2.57. The van der Waals surface area contributed by atoms with Crippen molar-refractivity contribution in [3.05, 3.63) is 42.2 Å². The first kappa shape index (κ1) is 13.0. The molecule has 4 atom stereocenters. The highest BCUT2D eigenvalue weighted by Crippen LogP contribution is 2.52. The molecule has 4 unspecified atom stereocenters. The smallest absolute Gasteiger partial charge is 0.0818 e. The minimum Gasteiger partial charge on any atom is -0.311 e. The van der Waals surface area contributed by atoms with Crippen molar-refractivity contribution in [1.29, 1.82) is 0 Å². The molecule has 0 spiro atoms. The van der Waals surface area contributed by atoms with Crippen molar-refractivity contribution in [2.75, 3.05) is 7.05 Å². The van der Waals surface area contributed by atoms with Crippen LogP contribution in [0.25, 0.3) is 5.69 Å². The van der Waals surface area contributed by atoms with Gasteiger partial charge in [-0.05, 0) is 56.2 Å². The van der Waals surface area contributed by atoms with Gasteiger partial charge in [0.2, 0.25) is 0 Å². The standard InChI is InChI=1S/C17H22N4/c1-18-17(15-10-12-7-8-13(15)9-12)16-11-19-20-21(16)14-5-3-2-4-6-14/h2-6,11-13,15,17-18H,7-10H2,1H3. The predicted octanol–water partition coefficient (Wildman–Crippen LogP) is 2.96. The molecule has 2 bridgehead atoms. The second-order valence-electron chi connectivity index (χ2n) is 6.51. The fourth-order valence-electron chi connectivity index (χ4n) is 4.51. The van der Waals surface area contributed by atoms with Crippen LogP contribution in [0.3, 0.4) is 0 Å². The van der Waals surface area contributed by atoms with Crippen molar-refractivity contribution in [1.82, 2.24) is 20.3 Å². The van der Waals surface area contributed by atoms with Crippen LogP contribution in [0.15, 0.2) is 36.5 Å². The number of rotatable bonds is 4. The maximum Gasteiger partial charge on any atom is 0.0818 e. The van der Waals surface area contributed by atoms with E-state index in [1.54, 1.807) is 0 Å². The van der Waals surface area contributed by atoms with Gasteiger partial charge in [-0.25, -0.2) is 4.68 Å². The fraction of sp³-hybridized carbons (Fsp3) is 0.529. The summed E-state index contributed by atoms with van der Waals surface area (Å²) >= 11 is 0. The molecule has 21 heavy (non-hydrogen) atoms. The number of benzene rings is 1. The summed E-state index contributed by atoms with van der Waals surface area (Å²) in [7, 11) is 2.07. The Morgan fingerprint density at radius 1 is 1.19 bits per heavy atom. The van der Waals surface area contributed by atoms with Crippen LogP contribution in [0.2, 0.25) is 0 Å². The first-order valence-corrected chi connectivity index (χ1v) is 8.00. The first-order chi connectivity index (χ1) is 10.4. The number of para-hydroxylation sites is 1. The van der Waals surface area contributed by atoms with Crippen LogP contribution >= 0.6 is 0 Å². The molecule has 4 heteroatoms. The van der Waals surface area contributed by atoms with Gasteiger partial charge in [0.25, 0.3) is 0 Å². The highest BCUT2D eigenvalue weighted by Gasteiger charge is 2.44. The third-order valence-electron chi connectivity index (χ3n) is 5.43. The molecular formula is C17H22N4. The van der Waals surface area contributed by atoms with Gasteiger partial charge in [0, 0.05) is 0 Å². The summed E-state index contributed by atoms with van der Waals surface area (Å²) in [6, 6.07) is 10.7. The van der Waals surface area contributed by atoms with E-state index in [9.17, 15) is 0 Å². The highest BCUT2D eigenvalue weighted by molar-refractivity contribution is 5.32. The van der Waals surface area contributed by atoms with E-state index in [0.29, 0.717) is 6.04 Å². The Bertz CT molecular complexity index is 606. The zero-order valence-electron chi connectivity index (χ0n) is 12.4. The molecule has 1 N–H and O–H groups in total. The normalized spacial score (nSPS) is 28.9. The van der Waals surface area contributed by atoms with E-state index < -0.39 is 0 Å². The molecule has 2 aliphatic carbocycles. The largest absolute Gasteiger partial charge is 0.311 e. The average Bonchev–Trinajstić information content (AvgIpc) is 3.25. The molecule has 1 aromatic carbocycles. The average molecular weight is 282 g/mol. The van der Waals surface area contributed by atoms with E-state index in [1.165, 1.54) is 31.4 Å². The number of hydrogen-bond donors (Lipinski definition) is 1. The van der Waals surface area contributed by atoms with E-state index in [0.717, 1.165) is 23.4 Å². The van der Waals surface area contributed by atoms with Gasteiger partial charge in [-0.1, -0.05) is 29.8 Å². The molecule has 2 aliphatic rings. The maximum absolute atomic E-state index is 4.32. The van der Waals surface area contributed by atoms with E-state index in [4.69, 9.17) is 0 Å². The lowest BCUT2D eigenvalue weighted by Crippen LogP contribution is -2.30. The molecule has 2 fully saturated rings. The minimum absolute atomic E-state index is 0.357. The van der Waals surface area contributed by atoms with Crippen molar-refractivity contribution in [2.45, 2.75) is 31.7 Å². The van der Waals surface area contributed by atoms with Crippen molar-refractivity contribution < 1.29 is 0 Å². The number of hydrogen-bond acceptors (Lipinski definition) is 3. The van der Waals surface area contributed by atoms with E-state index in [-0.39, 0.29) is 0 Å². The lowest BCUT2D eigenvalue weighted by Gasteiger charge is -2.30. The van der Waals surface area contributed by atoms with Gasteiger partial charge < -0.3 is 5.32 Å². The van der Waals surface area contributed by atoms with Crippen molar-refractivity contribution >= 4 is 0 Å². The molecule has 4 rings (SSSR count). The van der Waals surface area contributed by atoms with Crippen LogP contribution in [0.4, 0.5) is 0 Å². The third kappa shape index (κ3) is 2.18. The SMILES string of the molecule is CNC(c1cnnn1-c1ccccc1)C1CC2CCC1C2. The Morgan fingerprint density at radius 3 is 2.71 bits per heavy atom. The van der Waals surface area contributed by atoms with Gasteiger partial charge in [0.1, 0.15) is 0 Å². The predicted molar refractivity (Wildman–Crippen MR) is 82.1 cm³/mol. The molecular weight excluding hydrogens is 260 g/mol. The highest BCUT2D eigenvalue weighted by atomic mass is 15.4. The number of nitrogens with zero attached hydrogens (tertiary/aromatic N) is 3. The molecule has 2 saturated carbocycles. The lowest BCUT2D eigenvalue weighted by atomic mass is 9.82. The van der Waals surface area contributed by atoms with Crippen molar-refractivity contribution in [3.8, 4) is 5.69 Å². The Morgan fingerprint density at radius 2 is 2.05 bits per heavy atom. The van der Waals surface area contributed by atoms with E-state index >= 15 is 0 Å². The summed E-state index contributed by atoms with van der Waals surface area (Å²) < 4.78 is 1.99. The summed E-state index contributed by atoms with van der Waals surface area (Å²) in [4.78, 5) is 0. The summed E-state index contributed by atoms with van der Waals surface area (Å²) in [6.45, 7) is 0. The quantitative estimate of drug-likeness (QED) is 0.937. The molecule has 0 amide bonds. The summed E-state index contributed by atoms with van der Waals surface area (Å²) in [5.41, 5.74) is 2.29. The minimum atomic E-state index is 0.357. The monoisotopic (exact) mass is 282 g/mol. The van der Waals surface area contributed by atoms with Crippen LogP contribution < -0.4 is 5.32 Å². The van der Waals surface area contributed by atoms with Gasteiger partial charge >= 0.3 is 0 Å². The third-order valence-corrected chi connectivity index (χ3v) is 5.43. The van der Waals surface area contributed by atoms with Gasteiger partial charge in [0.05, 0.1) is 23.6 Å². The van der Waals surface area contributed by atoms with Crippen LogP contribution in [-0.4, -0.2) is 22.0 Å². The number of fused-ring (bicyclic) bond motifs is 2. The topological polar surface area (TPSA) is 42.7 Å². The Kier molecular flexibility index (Phi) is 3.26. The molecule has 110 valence electrons. The van der Waals surface area contributed by atoms with E-state index in [1.807, 2.05) is 29.1 Å². The molecule has 2 aromatic rings. The van der Waals surface area contributed by atoms with Crippen LogP contribution in [0.5, 0.6) is 0 Å². The Balaban J connectivity index is 1.68. The van der Waals surface area contributed by atoms with Gasteiger partial charge in [-0.15, -0.1) is 5.10 Å². The van der Waals surface area contributed by atoms with Crippen LogP contribution in [0.1, 0.15) is 37.4 Å². The molecule has 0 aliphatic heterocycles. The molecule has 0 radical (unpaired) electrons. The van der Waals surface area contributed by atoms with Crippen LogP contribution in [-0.2, 0) is 0 Å². The number of nitrogens with one attached hydrogen (secondary N) is 1. The first-order valence-electron chi connectivity index (χ1n) is 8.00. The Labute approximate surface area is 125 Å². The summed E-state index contributed by atoms with van der Waals surface area (Å²) in [6.07, 6.45) is 7.56. The van der Waals surface area contributed by atoms with Crippen molar-refractivity contribution in [2.24, 2.45) is 17.8 Å². The Hall–Kier alpha value is -1.68. The second kappa shape index (κ2) is 5.26. The van der Waals surface area contributed by atoms with Gasteiger partial charge in [-0.3, -0.25) is 0 Å². The second-order valence-corrected chi connectivity index (χ2v) is 6.51. The van der Waals surface area contributed by atoms with E-state index in [2.05, 4.69) is 34.8 Å². The zero-order chi connectivity index (χ0) is 14.2. The van der Waals surface area contributed by atoms with Crippen molar-refractivity contribution in [3.63, 3.8) is 0 Å².